The Morgan fingerprint density at radius 1 is 1.65 bits per heavy atom. The summed E-state index contributed by atoms with van der Waals surface area (Å²) in [4.78, 5) is 11.9. The number of amides is 1. The molecule has 3 atom stereocenters. The van der Waals surface area contributed by atoms with Crippen LogP contribution in [0.4, 0.5) is 0 Å². The molecule has 0 aromatic carbocycles. The van der Waals surface area contributed by atoms with Crippen LogP contribution in [0.15, 0.2) is 0 Å². The van der Waals surface area contributed by atoms with Gasteiger partial charge in [-0.2, -0.15) is 0 Å². The third kappa shape index (κ3) is 3.40. The Balaban J connectivity index is 2.47. The number of aliphatic hydroxyl groups is 1. The minimum Gasteiger partial charge on any atom is -0.385 e. The quantitative estimate of drug-likeness (QED) is 0.629. The van der Waals surface area contributed by atoms with Gasteiger partial charge >= 0.3 is 0 Å². The highest BCUT2D eigenvalue weighted by atomic mass is 16.5. The van der Waals surface area contributed by atoms with Crippen molar-refractivity contribution in [1.82, 2.24) is 5.32 Å². The molecule has 1 amide bonds. The van der Waals surface area contributed by atoms with Gasteiger partial charge in [0.2, 0.25) is 5.91 Å². The van der Waals surface area contributed by atoms with Gasteiger partial charge in [-0.15, -0.1) is 0 Å². The summed E-state index contributed by atoms with van der Waals surface area (Å²) >= 11 is 0. The highest BCUT2D eigenvalue weighted by molar-refractivity contribution is 5.79. The zero-order valence-corrected chi connectivity index (χ0v) is 10.9. The van der Waals surface area contributed by atoms with E-state index in [0.29, 0.717) is 19.6 Å². The van der Waals surface area contributed by atoms with E-state index in [4.69, 9.17) is 10.5 Å². The number of nitrogens with two attached hydrogens (primary N) is 1. The molecule has 1 saturated heterocycles. The van der Waals surface area contributed by atoms with Gasteiger partial charge in [-0.25, -0.2) is 0 Å². The minimum atomic E-state index is -0.939. The number of hydrogen-bond donors (Lipinski definition) is 3. The maximum Gasteiger partial charge on any atom is 0.224 e. The lowest BCUT2D eigenvalue weighted by Crippen LogP contribution is -2.50. The molecule has 0 aromatic rings. The van der Waals surface area contributed by atoms with Crippen molar-refractivity contribution in [2.75, 3.05) is 19.7 Å². The van der Waals surface area contributed by atoms with Crippen molar-refractivity contribution in [1.29, 1.82) is 0 Å². The highest BCUT2D eigenvalue weighted by Gasteiger charge is 2.40. The predicted octanol–water partition coefficient (Wildman–Crippen LogP) is -0.127. The largest absolute Gasteiger partial charge is 0.385 e. The summed E-state index contributed by atoms with van der Waals surface area (Å²) in [6.45, 7) is 6.85. The molecule has 5 heteroatoms. The molecule has 0 aliphatic carbocycles. The first-order valence-corrected chi connectivity index (χ1v) is 6.22. The molecular formula is C12H24N2O3. The first-order chi connectivity index (χ1) is 7.90. The van der Waals surface area contributed by atoms with Crippen LogP contribution in [0.5, 0.6) is 0 Å². The summed E-state index contributed by atoms with van der Waals surface area (Å²) in [5.41, 5.74) is 4.63. The molecule has 100 valence electrons. The molecule has 0 spiro atoms. The molecule has 0 radical (unpaired) electrons. The number of ether oxygens (including phenoxy) is 1. The molecule has 1 aliphatic heterocycles. The molecule has 3 unspecified atom stereocenters. The van der Waals surface area contributed by atoms with E-state index in [-0.39, 0.29) is 30.4 Å². The number of carbonyl (C=O) groups excluding carboxylic acids is 1. The SMILES string of the molecule is CC(C)C(CN)C(=O)NCC1(O)CCOC1C. The number of nitrogens with one attached hydrogen (secondary N) is 1. The predicted molar refractivity (Wildman–Crippen MR) is 65.4 cm³/mol. The average molecular weight is 244 g/mol. The fraction of sp³-hybridized carbons (Fsp3) is 0.917. The molecule has 1 fully saturated rings. The monoisotopic (exact) mass is 244 g/mol. The van der Waals surface area contributed by atoms with Gasteiger partial charge in [-0.3, -0.25) is 4.79 Å². The van der Waals surface area contributed by atoms with Crippen molar-refractivity contribution in [2.24, 2.45) is 17.6 Å². The average Bonchev–Trinajstić information content (AvgIpc) is 2.58. The van der Waals surface area contributed by atoms with E-state index < -0.39 is 5.60 Å². The molecule has 0 bridgehead atoms. The standard InChI is InChI=1S/C12H24N2O3/c1-8(2)10(6-13)11(15)14-7-12(16)4-5-17-9(12)3/h8-10,16H,4-7,13H2,1-3H3,(H,14,15). The Hall–Kier alpha value is -0.650. The van der Waals surface area contributed by atoms with E-state index in [2.05, 4.69) is 5.32 Å². The fourth-order valence-corrected chi connectivity index (χ4v) is 2.06. The van der Waals surface area contributed by atoms with Gasteiger partial charge in [0, 0.05) is 26.1 Å². The molecule has 0 saturated carbocycles. The summed E-state index contributed by atoms with van der Waals surface area (Å²) in [6.07, 6.45) is 0.321. The van der Waals surface area contributed by atoms with E-state index >= 15 is 0 Å². The van der Waals surface area contributed by atoms with E-state index in [1.165, 1.54) is 0 Å². The minimum absolute atomic E-state index is 0.0879. The van der Waals surface area contributed by atoms with Gasteiger partial charge in [-0.05, 0) is 12.8 Å². The first-order valence-electron chi connectivity index (χ1n) is 6.22. The Bertz CT molecular complexity index is 270. The van der Waals surface area contributed by atoms with Crippen LogP contribution >= 0.6 is 0 Å². The van der Waals surface area contributed by atoms with Crippen molar-refractivity contribution >= 4 is 5.91 Å². The molecule has 1 rings (SSSR count). The Kier molecular flexibility index (Phi) is 4.91. The lowest BCUT2D eigenvalue weighted by molar-refractivity contribution is -0.127. The van der Waals surface area contributed by atoms with Gasteiger partial charge in [0.1, 0.15) is 5.60 Å². The zero-order valence-electron chi connectivity index (χ0n) is 10.9. The van der Waals surface area contributed by atoms with Crippen LogP contribution in [0.3, 0.4) is 0 Å². The van der Waals surface area contributed by atoms with Crippen LogP contribution in [0.1, 0.15) is 27.2 Å². The van der Waals surface area contributed by atoms with Crippen LogP contribution in [-0.4, -0.2) is 42.4 Å². The van der Waals surface area contributed by atoms with Crippen molar-refractivity contribution in [3.05, 3.63) is 0 Å². The van der Waals surface area contributed by atoms with E-state index in [9.17, 15) is 9.90 Å². The third-order valence-corrected chi connectivity index (χ3v) is 3.62. The second-order valence-corrected chi connectivity index (χ2v) is 5.17. The molecule has 1 heterocycles. The first kappa shape index (κ1) is 14.4. The second kappa shape index (κ2) is 5.80. The van der Waals surface area contributed by atoms with Gasteiger partial charge in [0.25, 0.3) is 0 Å². The van der Waals surface area contributed by atoms with Gasteiger partial charge in [0.15, 0.2) is 0 Å². The number of rotatable bonds is 5. The van der Waals surface area contributed by atoms with Crippen LogP contribution < -0.4 is 11.1 Å². The molecule has 0 aromatic heterocycles. The summed E-state index contributed by atoms with van der Waals surface area (Å²) in [5, 5.41) is 13.0. The molecule has 17 heavy (non-hydrogen) atoms. The zero-order chi connectivity index (χ0) is 13.1. The fourth-order valence-electron chi connectivity index (χ4n) is 2.06. The molecule has 4 N–H and O–H groups in total. The molecule has 5 nitrogen and oxygen atoms in total. The van der Waals surface area contributed by atoms with Crippen LogP contribution in [-0.2, 0) is 9.53 Å². The van der Waals surface area contributed by atoms with Gasteiger partial charge < -0.3 is 20.9 Å². The van der Waals surface area contributed by atoms with Crippen molar-refractivity contribution in [3.63, 3.8) is 0 Å². The summed E-state index contributed by atoms with van der Waals surface area (Å²) in [7, 11) is 0. The number of carbonyl (C=O) groups is 1. The molecule has 1 aliphatic rings. The van der Waals surface area contributed by atoms with Crippen LogP contribution in [0, 0.1) is 11.8 Å². The summed E-state index contributed by atoms with van der Waals surface area (Å²) < 4.78 is 5.31. The van der Waals surface area contributed by atoms with Crippen LogP contribution in [0.25, 0.3) is 0 Å². The van der Waals surface area contributed by atoms with E-state index in [1.807, 2.05) is 20.8 Å². The maximum atomic E-state index is 11.9. The van der Waals surface area contributed by atoms with Gasteiger partial charge in [0.05, 0.1) is 12.0 Å². The van der Waals surface area contributed by atoms with Crippen molar-refractivity contribution in [3.8, 4) is 0 Å². The second-order valence-electron chi connectivity index (χ2n) is 5.17. The Morgan fingerprint density at radius 2 is 2.29 bits per heavy atom. The number of hydrogen-bond acceptors (Lipinski definition) is 4. The Morgan fingerprint density at radius 3 is 2.71 bits per heavy atom. The Labute approximate surface area is 103 Å². The summed E-state index contributed by atoms with van der Waals surface area (Å²) in [6, 6.07) is 0. The highest BCUT2D eigenvalue weighted by Crippen LogP contribution is 2.24. The lowest BCUT2D eigenvalue weighted by Gasteiger charge is -2.27. The lowest BCUT2D eigenvalue weighted by atomic mass is 9.93. The van der Waals surface area contributed by atoms with E-state index in [0.717, 1.165) is 0 Å². The summed E-state index contributed by atoms with van der Waals surface area (Å²) in [5.74, 6) is -0.0850. The third-order valence-electron chi connectivity index (χ3n) is 3.62. The van der Waals surface area contributed by atoms with Crippen molar-refractivity contribution < 1.29 is 14.6 Å². The van der Waals surface area contributed by atoms with Crippen molar-refractivity contribution in [2.45, 2.75) is 38.9 Å². The smallest absolute Gasteiger partial charge is 0.224 e. The topological polar surface area (TPSA) is 84.6 Å². The van der Waals surface area contributed by atoms with Crippen LogP contribution in [0.2, 0.25) is 0 Å². The normalized spacial score (nSPS) is 30.6. The maximum absolute atomic E-state index is 11.9. The van der Waals surface area contributed by atoms with E-state index in [1.54, 1.807) is 0 Å². The van der Waals surface area contributed by atoms with Gasteiger partial charge in [-0.1, -0.05) is 13.8 Å². The molecular weight excluding hydrogens is 220 g/mol.